The average molecular weight is 322 g/mol. The molecule has 6 heteroatoms. The molecule has 22 heavy (non-hydrogen) atoms. The van der Waals surface area contributed by atoms with E-state index in [1.54, 1.807) is 31.4 Å². The maximum absolute atomic E-state index is 12.0. The average Bonchev–Trinajstić information content (AvgIpc) is 2.52. The molecule has 0 bridgehead atoms. The van der Waals surface area contributed by atoms with Crippen LogP contribution in [0, 0.1) is 6.92 Å². The summed E-state index contributed by atoms with van der Waals surface area (Å²) in [5.41, 5.74) is 0.985. The molecular formula is C16H18O5S. The molecule has 0 saturated heterocycles. The predicted molar refractivity (Wildman–Crippen MR) is 82.8 cm³/mol. The van der Waals surface area contributed by atoms with Crippen LogP contribution in [0.3, 0.4) is 0 Å². The smallest absolute Gasteiger partial charge is 0.297 e. The molecule has 0 aliphatic rings. The molecule has 0 unspecified atom stereocenters. The first kappa shape index (κ1) is 16.3. The minimum absolute atomic E-state index is 0.0751. The standard InChI is InChI=1S/C16H18O5S/c1-13-7-9-14(10-8-13)22(17,18)21-12-11-20-16-6-4-3-5-15(16)19-2/h3-10H,11-12H2,1-2H3. The Bertz CT molecular complexity index is 708. The van der Waals surface area contributed by atoms with Gasteiger partial charge in [-0.05, 0) is 31.2 Å². The fraction of sp³-hybridized carbons (Fsp3) is 0.250. The van der Waals surface area contributed by atoms with E-state index in [0.29, 0.717) is 11.5 Å². The molecule has 0 heterocycles. The van der Waals surface area contributed by atoms with Crippen molar-refractivity contribution in [2.45, 2.75) is 11.8 Å². The Morgan fingerprint density at radius 1 is 0.909 bits per heavy atom. The third kappa shape index (κ3) is 4.22. The van der Waals surface area contributed by atoms with E-state index in [2.05, 4.69) is 0 Å². The zero-order valence-electron chi connectivity index (χ0n) is 12.5. The monoisotopic (exact) mass is 322 g/mol. The van der Waals surface area contributed by atoms with Gasteiger partial charge in [0.1, 0.15) is 13.2 Å². The Labute approximate surface area is 130 Å². The molecule has 118 valence electrons. The van der Waals surface area contributed by atoms with Crippen LogP contribution in [0.1, 0.15) is 5.56 Å². The van der Waals surface area contributed by atoms with Crippen LogP contribution >= 0.6 is 0 Å². The van der Waals surface area contributed by atoms with Gasteiger partial charge in [0.05, 0.1) is 12.0 Å². The van der Waals surface area contributed by atoms with Crippen molar-refractivity contribution in [2.24, 2.45) is 0 Å². The molecule has 0 amide bonds. The van der Waals surface area contributed by atoms with Crippen molar-refractivity contribution in [1.29, 1.82) is 0 Å². The van der Waals surface area contributed by atoms with Crippen LogP contribution in [0.25, 0.3) is 0 Å². The lowest BCUT2D eigenvalue weighted by Crippen LogP contribution is -2.13. The summed E-state index contributed by atoms with van der Waals surface area (Å²) >= 11 is 0. The van der Waals surface area contributed by atoms with Gasteiger partial charge in [0.15, 0.2) is 11.5 Å². The van der Waals surface area contributed by atoms with E-state index >= 15 is 0 Å². The van der Waals surface area contributed by atoms with Crippen molar-refractivity contribution in [1.82, 2.24) is 0 Å². The Kier molecular flexibility index (Phi) is 5.41. The second-order valence-corrected chi connectivity index (χ2v) is 6.20. The van der Waals surface area contributed by atoms with Gasteiger partial charge in [0.25, 0.3) is 10.1 Å². The van der Waals surface area contributed by atoms with E-state index in [4.69, 9.17) is 13.7 Å². The van der Waals surface area contributed by atoms with Crippen molar-refractivity contribution in [3.8, 4) is 11.5 Å². The molecule has 0 saturated carbocycles. The lowest BCUT2D eigenvalue weighted by atomic mass is 10.2. The van der Waals surface area contributed by atoms with E-state index in [1.165, 1.54) is 12.1 Å². The molecule has 2 rings (SSSR count). The summed E-state index contributed by atoms with van der Waals surface area (Å²) in [5, 5.41) is 0. The topological polar surface area (TPSA) is 61.8 Å². The van der Waals surface area contributed by atoms with E-state index in [0.717, 1.165) is 5.56 Å². The van der Waals surface area contributed by atoms with Crippen molar-refractivity contribution in [3.05, 3.63) is 54.1 Å². The summed E-state index contributed by atoms with van der Waals surface area (Å²) in [7, 11) is -2.22. The molecule has 0 aromatic heterocycles. The minimum atomic E-state index is -3.76. The highest BCUT2D eigenvalue weighted by molar-refractivity contribution is 7.86. The van der Waals surface area contributed by atoms with Gasteiger partial charge in [0.2, 0.25) is 0 Å². The molecule has 0 N–H and O–H groups in total. The molecule has 0 fully saturated rings. The summed E-state index contributed by atoms with van der Waals surface area (Å²) in [5.74, 6) is 1.13. The highest BCUT2D eigenvalue weighted by Crippen LogP contribution is 2.25. The highest BCUT2D eigenvalue weighted by Gasteiger charge is 2.14. The number of hydrogen-bond acceptors (Lipinski definition) is 5. The van der Waals surface area contributed by atoms with Crippen LogP contribution in [0.15, 0.2) is 53.4 Å². The molecule has 0 aliphatic heterocycles. The van der Waals surface area contributed by atoms with E-state index < -0.39 is 10.1 Å². The third-order valence-electron chi connectivity index (χ3n) is 2.96. The summed E-state index contributed by atoms with van der Waals surface area (Å²) < 4.78 is 39.5. The Morgan fingerprint density at radius 2 is 1.55 bits per heavy atom. The zero-order chi connectivity index (χ0) is 16.0. The number of methoxy groups -OCH3 is 1. The maximum atomic E-state index is 12.0. The zero-order valence-corrected chi connectivity index (χ0v) is 13.3. The minimum Gasteiger partial charge on any atom is -0.493 e. The van der Waals surface area contributed by atoms with Crippen LogP contribution < -0.4 is 9.47 Å². The van der Waals surface area contributed by atoms with Gasteiger partial charge in [0, 0.05) is 0 Å². The van der Waals surface area contributed by atoms with Crippen LogP contribution in [-0.2, 0) is 14.3 Å². The van der Waals surface area contributed by atoms with Crippen LogP contribution in [0.5, 0.6) is 11.5 Å². The Morgan fingerprint density at radius 3 is 2.18 bits per heavy atom. The van der Waals surface area contributed by atoms with Crippen molar-refractivity contribution < 1.29 is 22.1 Å². The highest BCUT2D eigenvalue weighted by atomic mass is 32.2. The van der Waals surface area contributed by atoms with Gasteiger partial charge in [-0.15, -0.1) is 0 Å². The fourth-order valence-corrected chi connectivity index (χ4v) is 2.70. The Hall–Kier alpha value is -2.05. The molecular weight excluding hydrogens is 304 g/mol. The van der Waals surface area contributed by atoms with Gasteiger partial charge in [-0.1, -0.05) is 29.8 Å². The van der Waals surface area contributed by atoms with Crippen LogP contribution in [0.2, 0.25) is 0 Å². The summed E-state index contributed by atoms with van der Waals surface area (Å²) in [4.78, 5) is 0.135. The third-order valence-corrected chi connectivity index (χ3v) is 4.28. The second kappa shape index (κ2) is 7.29. The first-order chi connectivity index (χ1) is 10.5. The quantitative estimate of drug-likeness (QED) is 0.579. The van der Waals surface area contributed by atoms with Crippen molar-refractivity contribution in [2.75, 3.05) is 20.3 Å². The van der Waals surface area contributed by atoms with Gasteiger partial charge in [-0.3, -0.25) is 4.18 Å². The lowest BCUT2D eigenvalue weighted by Gasteiger charge is -2.10. The van der Waals surface area contributed by atoms with E-state index in [9.17, 15) is 8.42 Å². The lowest BCUT2D eigenvalue weighted by molar-refractivity contribution is 0.215. The summed E-state index contributed by atoms with van der Waals surface area (Å²) in [6.07, 6.45) is 0. The number of ether oxygens (including phenoxy) is 2. The molecule has 0 spiro atoms. The Balaban J connectivity index is 1.89. The summed E-state index contributed by atoms with van der Waals surface area (Å²) in [6, 6.07) is 13.6. The predicted octanol–water partition coefficient (Wildman–Crippen LogP) is 2.79. The molecule has 2 aromatic rings. The summed E-state index contributed by atoms with van der Waals surface area (Å²) in [6.45, 7) is 1.91. The van der Waals surface area contributed by atoms with Crippen LogP contribution in [0.4, 0.5) is 0 Å². The van der Waals surface area contributed by atoms with Gasteiger partial charge in [-0.2, -0.15) is 8.42 Å². The van der Waals surface area contributed by atoms with Gasteiger partial charge in [-0.25, -0.2) is 0 Å². The molecule has 0 aliphatic carbocycles. The van der Waals surface area contributed by atoms with E-state index in [-0.39, 0.29) is 18.1 Å². The van der Waals surface area contributed by atoms with Crippen molar-refractivity contribution in [3.63, 3.8) is 0 Å². The first-order valence-corrected chi connectivity index (χ1v) is 8.15. The normalized spacial score (nSPS) is 11.2. The number of aryl methyl sites for hydroxylation is 1. The maximum Gasteiger partial charge on any atom is 0.297 e. The molecule has 5 nitrogen and oxygen atoms in total. The molecule has 2 aromatic carbocycles. The van der Waals surface area contributed by atoms with Gasteiger partial charge < -0.3 is 9.47 Å². The number of hydrogen-bond donors (Lipinski definition) is 0. The SMILES string of the molecule is COc1ccccc1OCCOS(=O)(=O)c1ccc(C)cc1. The largest absolute Gasteiger partial charge is 0.493 e. The van der Waals surface area contributed by atoms with Crippen molar-refractivity contribution >= 4 is 10.1 Å². The second-order valence-electron chi connectivity index (χ2n) is 4.59. The molecule has 0 radical (unpaired) electrons. The van der Waals surface area contributed by atoms with Gasteiger partial charge >= 0.3 is 0 Å². The number of para-hydroxylation sites is 2. The number of benzene rings is 2. The fourth-order valence-electron chi connectivity index (χ4n) is 1.81. The first-order valence-electron chi connectivity index (χ1n) is 6.75. The van der Waals surface area contributed by atoms with E-state index in [1.807, 2.05) is 19.1 Å². The molecule has 0 atom stereocenters. The number of rotatable bonds is 7. The van der Waals surface area contributed by atoms with Crippen LogP contribution in [-0.4, -0.2) is 28.7 Å².